The number of pyridine rings is 2. The van der Waals surface area contributed by atoms with Gasteiger partial charge in [-0.1, -0.05) is 6.92 Å². The Hall–Kier alpha value is -2.47. The van der Waals surface area contributed by atoms with Gasteiger partial charge in [0.05, 0.1) is 16.0 Å². The van der Waals surface area contributed by atoms with Crippen molar-refractivity contribution < 1.29 is 9.90 Å². The van der Waals surface area contributed by atoms with E-state index in [1.807, 2.05) is 10.6 Å². The quantitative estimate of drug-likeness (QED) is 0.721. The van der Waals surface area contributed by atoms with Gasteiger partial charge in [-0.15, -0.1) is 11.3 Å². The van der Waals surface area contributed by atoms with E-state index < -0.39 is 11.4 Å². The summed E-state index contributed by atoms with van der Waals surface area (Å²) >= 11 is 1.80. The third-order valence-corrected chi connectivity index (χ3v) is 7.10. The number of carboxylic acid groups (broad SMARTS) is 1. The normalized spacial score (nSPS) is 19.2. The number of hydrogen-bond acceptors (Lipinski definition) is 4. The lowest BCUT2D eigenvalue weighted by molar-refractivity contribution is 0.0695. The Labute approximate surface area is 160 Å². The van der Waals surface area contributed by atoms with Crippen molar-refractivity contribution in [3.63, 3.8) is 0 Å². The molecule has 1 fully saturated rings. The first kappa shape index (κ1) is 16.7. The van der Waals surface area contributed by atoms with Crippen molar-refractivity contribution in [3.05, 3.63) is 50.6 Å². The largest absolute Gasteiger partial charge is 0.477 e. The van der Waals surface area contributed by atoms with Gasteiger partial charge in [0.1, 0.15) is 11.2 Å². The van der Waals surface area contributed by atoms with E-state index >= 15 is 0 Å². The van der Waals surface area contributed by atoms with Crippen LogP contribution in [0.5, 0.6) is 0 Å². The molecule has 3 aromatic heterocycles. The Balaban J connectivity index is 1.70. The summed E-state index contributed by atoms with van der Waals surface area (Å²) in [5.41, 5.74) is 2.27. The van der Waals surface area contributed by atoms with Gasteiger partial charge >= 0.3 is 5.97 Å². The van der Waals surface area contributed by atoms with Crippen LogP contribution in [0, 0.1) is 0 Å². The number of aromatic nitrogens is 2. The van der Waals surface area contributed by atoms with E-state index in [4.69, 9.17) is 4.98 Å². The van der Waals surface area contributed by atoms with E-state index in [0.29, 0.717) is 17.0 Å². The number of aryl methyl sites for hydroxylation is 1. The molecular formula is C21H20N2O3S. The van der Waals surface area contributed by atoms with Gasteiger partial charge in [-0.05, 0) is 61.8 Å². The molecule has 5 nitrogen and oxygen atoms in total. The second-order valence-corrected chi connectivity index (χ2v) is 8.76. The average molecular weight is 380 g/mol. The summed E-state index contributed by atoms with van der Waals surface area (Å²) in [6.45, 7) is 2.28. The molecular weight excluding hydrogens is 360 g/mol. The van der Waals surface area contributed by atoms with E-state index in [1.54, 1.807) is 17.4 Å². The zero-order chi connectivity index (χ0) is 18.7. The molecule has 3 aromatic rings. The van der Waals surface area contributed by atoms with Crippen LogP contribution in [-0.4, -0.2) is 20.6 Å². The number of hydrogen-bond donors (Lipinski definition) is 1. The van der Waals surface area contributed by atoms with E-state index in [9.17, 15) is 14.7 Å². The van der Waals surface area contributed by atoms with E-state index in [-0.39, 0.29) is 11.6 Å². The zero-order valence-corrected chi connectivity index (χ0v) is 15.9. The Kier molecular flexibility index (Phi) is 3.72. The Morgan fingerprint density at radius 1 is 1.30 bits per heavy atom. The van der Waals surface area contributed by atoms with Crippen molar-refractivity contribution in [2.24, 2.45) is 0 Å². The summed E-state index contributed by atoms with van der Waals surface area (Å²) in [4.78, 5) is 31.4. The van der Waals surface area contributed by atoms with Crippen molar-refractivity contribution >= 4 is 28.3 Å². The standard InChI is InChI=1S/C21H20N2O3S/c1-11-3-2-4-12-9-17(27-19(11)12)16-8-7-14-18(24)15(21(25)26)10-23(13-5-6-13)20(14)22-16/h7-11,13H,2-6H2,1H3,(H,25,26). The minimum atomic E-state index is -1.18. The number of fused-ring (bicyclic) bond motifs is 2. The molecule has 5 rings (SSSR count). The highest BCUT2D eigenvalue weighted by atomic mass is 32.1. The van der Waals surface area contributed by atoms with Crippen LogP contribution in [0.1, 0.15) is 65.4 Å². The number of aromatic carboxylic acids is 1. The van der Waals surface area contributed by atoms with Crippen LogP contribution in [0.3, 0.4) is 0 Å². The highest BCUT2D eigenvalue weighted by Crippen LogP contribution is 2.41. The number of rotatable bonds is 3. The fourth-order valence-electron chi connectivity index (χ4n) is 4.06. The van der Waals surface area contributed by atoms with Gasteiger partial charge < -0.3 is 9.67 Å². The predicted molar refractivity (Wildman–Crippen MR) is 106 cm³/mol. The lowest BCUT2D eigenvalue weighted by Crippen LogP contribution is -2.19. The maximum atomic E-state index is 12.6. The fraction of sp³-hybridized carbons (Fsp3) is 0.381. The highest BCUT2D eigenvalue weighted by molar-refractivity contribution is 7.15. The molecule has 0 aromatic carbocycles. The molecule has 0 saturated heterocycles. The van der Waals surface area contributed by atoms with Crippen LogP contribution in [0.15, 0.2) is 29.2 Å². The first-order chi connectivity index (χ1) is 13.0. The molecule has 1 saturated carbocycles. The van der Waals surface area contributed by atoms with Crippen LogP contribution < -0.4 is 5.43 Å². The summed E-state index contributed by atoms with van der Waals surface area (Å²) < 4.78 is 1.89. The number of carbonyl (C=O) groups is 1. The third-order valence-electron chi connectivity index (χ3n) is 5.67. The van der Waals surface area contributed by atoms with Crippen LogP contribution in [0.2, 0.25) is 0 Å². The van der Waals surface area contributed by atoms with Crippen molar-refractivity contribution in [1.82, 2.24) is 9.55 Å². The van der Waals surface area contributed by atoms with E-state index in [1.165, 1.54) is 29.5 Å². The zero-order valence-electron chi connectivity index (χ0n) is 15.1. The monoisotopic (exact) mass is 380 g/mol. The average Bonchev–Trinajstić information content (AvgIpc) is 3.39. The summed E-state index contributed by atoms with van der Waals surface area (Å²) in [6, 6.07) is 6.09. The minimum Gasteiger partial charge on any atom is -0.477 e. The molecule has 0 aliphatic heterocycles. The van der Waals surface area contributed by atoms with Crippen LogP contribution >= 0.6 is 11.3 Å². The molecule has 3 heterocycles. The number of nitrogens with zero attached hydrogens (tertiary/aromatic N) is 2. The molecule has 6 heteroatoms. The molecule has 0 bridgehead atoms. The molecule has 1 atom stereocenters. The smallest absolute Gasteiger partial charge is 0.341 e. The van der Waals surface area contributed by atoms with Crippen molar-refractivity contribution in [1.29, 1.82) is 0 Å². The molecule has 1 unspecified atom stereocenters. The molecule has 27 heavy (non-hydrogen) atoms. The van der Waals surface area contributed by atoms with Gasteiger partial charge in [-0.25, -0.2) is 9.78 Å². The van der Waals surface area contributed by atoms with Gasteiger partial charge in [0.2, 0.25) is 5.43 Å². The number of carboxylic acids is 1. The number of thiophene rings is 1. The first-order valence-corrected chi connectivity index (χ1v) is 10.3. The van der Waals surface area contributed by atoms with Crippen LogP contribution in [0.4, 0.5) is 0 Å². The first-order valence-electron chi connectivity index (χ1n) is 9.45. The third kappa shape index (κ3) is 2.70. The van der Waals surface area contributed by atoms with Gasteiger partial charge in [0.25, 0.3) is 0 Å². The van der Waals surface area contributed by atoms with E-state index in [2.05, 4.69) is 13.0 Å². The minimum absolute atomic E-state index is 0.177. The van der Waals surface area contributed by atoms with Crippen molar-refractivity contribution in [2.45, 2.75) is 51.0 Å². The van der Waals surface area contributed by atoms with Gasteiger partial charge in [0.15, 0.2) is 0 Å². The maximum Gasteiger partial charge on any atom is 0.341 e. The molecule has 0 spiro atoms. The maximum absolute atomic E-state index is 12.6. The van der Waals surface area contributed by atoms with Gasteiger partial charge in [0, 0.05) is 17.1 Å². The molecule has 138 valence electrons. The van der Waals surface area contributed by atoms with E-state index in [0.717, 1.165) is 29.8 Å². The lowest BCUT2D eigenvalue weighted by atomic mass is 9.91. The second-order valence-electron chi connectivity index (χ2n) is 7.68. The molecule has 0 radical (unpaired) electrons. The molecule has 2 aliphatic rings. The summed E-state index contributed by atoms with van der Waals surface area (Å²) in [5.74, 6) is -0.587. The summed E-state index contributed by atoms with van der Waals surface area (Å²) in [7, 11) is 0. The molecule has 0 amide bonds. The van der Waals surface area contributed by atoms with Crippen LogP contribution in [0.25, 0.3) is 21.6 Å². The Morgan fingerprint density at radius 2 is 2.11 bits per heavy atom. The summed E-state index contributed by atoms with van der Waals surface area (Å²) in [5, 5.41) is 9.76. The SMILES string of the molecule is CC1CCCc2cc(-c3ccc4c(=O)c(C(=O)O)cn(C5CC5)c4n3)sc21. The molecule has 1 N–H and O–H groups in total. The second kappa shape index (κ2) is 6.02. The Morgan fingerprint density at radius 3 is 2.81 bits per heavy atom. The topological polar surface area (TPSA) is 72.2 Å². The predicted octanol–water partition coefficient (Wildman–Crippen LogP) is 4.60. The van der Waals surface area contributed by atoms with Gasteiger partial charge in [-0.3, -0.25) is 4.79 Å². The van der Waals surface area contributed by atoms with Gasteiger partial charge in [-0.2, -0.15) is 0 Å². The molecule has 2 aliphatic carbocycles. The lowest BCUT2D eigenvalue weighted by Gasteiger charge is -2.17. The summed E-state index contributed by atoms with van der Waals surface area (Å²) in [6.07, 6.45) is 7.05. The van der Waals surface area contributed by atoms with Crippen molar-refractivity contribution in [3.8, 4) is 10.6 Å². The highest BCUT2D eigenvalue weighted by Gasteiger charge is 2.28. The Bertz CT molecular complexity index is 1140. The van der Waals surface area contributed by atoms with Crippen molar-refractivity contribution in [2.75, 3.05) is 0 Å². The fourth-order valence-corrected chi connectivity index (χ4v) is 5.33. The van der Waals surface area contributed by atoms with Crippen LogP contribution in [-0.2, 0) is 6.42 Å².